The van der Waals surface area contributed by atoms with Gasteiger partial charge in [0.15, 0.2) is 11.6 Å². The van der Waals surface area contributed by atoms with Crippen molar-refractivity contribution in [3.8, 4) is 6.07 Å². The van der Waals surface area contributed by atoms with Gasteiger partial charge in [0.1, 0.15) is 0 Å². The summed E-state index contributed by atoms with van der Waals surface area (Å²) in [7, 11) is 0. The van der Waals surface area contributed by atoms with Gasteiger partial charge in [-0.15, -0.1) is 0 Å². The fourth-order valence-corrected chi connectivity index (χ4v) is 4.69. The molecule has 0 bridgehead atoms. The number of Topliss-reactive ketones (excluding diaryl/α,β-unsaturated/α-hetero) is 2. The summed E-state index contributed by atoms with van der Waals surface area (Å²) in [5, 5.41) is 13.8. The first kappa shape index (κ1) is 22.1. The number of aryl methyl sites for hydroxylation is 1. The molecule has 0 spiro atoms. The molecule has 1 atom stereocenters. The second kappa shape index (κ2) is 9.46. The van der Waals surface area contributed by atoms with Crippen LogP contribution in [0.1, 0.15) is 41.3 Å². The summed E-state index contributed by atoms with van der Waals surface area (Å²) in [6, 6.07) is 17.3. The number of nitriles is 1. The van der Waals surface area contributed by atoms with Crippen molar-refractivity contribution < 1.29 is 9.59 Å². The number of hydrogen-bond acceptors (Lipinski definition) is 5. The molecule has 0 amide bonds. The Morgan fingerprint density at radius 3 is 2.30 bits per heavy atom. The fraction of sp³-hybridized carbons (Fsp3) is 0.208. The van der Waals surface area contributed by atoms with E-state index in [9.17, 15) is 14.9 Å². The van der Waals surface area contributed by atoms with Gasteiger partial charge < -0.3 is 5.32 Å². The zero-order chi connectivity index (χ0) is 21.8. The van der Waals surface area contributed by atoms with Gasteiger partial charge in [-0.3, -0.25) is 9.59 Å². The van der Waals surface area contributed by atoms with E-state index in [0.717, 1.165) is 15.6 Å². The van der Waals surface area contributed by atoms with E-state index in [1.54, 1.807) is 0 Å². The summed E-state index contributed by atoms with van der Waals surface area (Å²) < 4.78 is 0.922. The predicted molar refractivity (Wildman–Crippen MR) is 124 cm³/mol. The first-order valence-corrected chi connectivity index (χ1v) is 11.2. The second-order valence-corrected chi connectivity index (χ2v) is 9.04. The molecule has 0 aliphatic carbocycles. The van der Waals surface area contributed by atoms with Crippen molar-refractivity contribution in [2.24, 2.45) is 0 Å². The Kier molecular flexibility index (Phi) is 6.96. The fourth-order valence-electron chi connectivity index (χ4n) is 3.44. The molecule has 0 fully saturated rings. The third kappa shape index (κ3) is 4.75. The van der Waals surface area contributed by atoms with E-state index in [1.165, 1.54) is 18.7 Å². The van der Waals surface area contributed by atoms with Crippen LogP contribution in [0.25, 0.3) is 0 Å². The highest BCUT2D eigenvalue weighted by Gasteiger charge is 2.33. The van der Waals surface area contributed by atoms with Crippen LogP contribution in [-0.4, -0.2) is 17.3 Å². The minimum atomic E-state index is -0.459. The van der Waals surface area contributed by atoms with Crippen LogP contribution in [0.2, 0.25) is 0 Å². The van der Waals surface area contributed by atoms with Crippen LogP contribution in [0.4, 0.5) is 0 Å². The second-order valence-electron chi connectivity index (χ2n) is 7.14. The molecule has 3 rings (SSSR count). The molecule has 0 aromatic heterocycles. The lowest BCUT2D eigenvalue weighted by Gasteiger charge is -2.29. The number of dihydropyridines is 1. The predicted octanol–water partition coefficient (Wildman–Crippen LogP) is 5.66. The third-order valence-corrected chi connectivity index (χ3v) is 6.50. The van der Waals surface area contributed by atoms with Crippen molar-refractivity contribution in [3.05, 3.63) is 91.6 Å². The first-order chi connectivity index (χ1) is 14.3. The minimum Gasteiger partial charge on any atom is -0.353 e. The van der Waals surface area contributed by atoms with Crippen LogP contribution in [0, 0.1) is 18.3 Å². The minimum absolute atomic E-state index is 0.00854. The Hall–Kier alpha value is -2.62. The van der Waals surface area contributed by atoms with Gasteiger partial charge in [-0.1, -0.05) is 69.7 Å². The third-order valence-electron chi connectivity index (χ3n) is 4.95. The molecule has 0 unspecified atom stereocenters. The zero-order valence-electron chi connectivity index (χ0n) is 17.0. The van der Waals surface area contributed by atoms with Gasteiger partial charge in [0, 0.05) is 21.3 Å². The zero-order valence-corrected chi connectivity index (χ0v) is 19.4. The van der Waals surface area contributed by atoms with Gasteiger partial charge in [-0.2, -0.15) is 5.26 Å². The Bertz CT molecular complexity index is 1090. The first-order valence-electron chi connectivity index (χ1n) is 9.43. The number of thioether (sulfide) groups is 1. The van der Waals surface area contributed by atoms with Crippen LogP contribution in [0.3, 0.4) is 0 Å². The van der Waals surface area contributed by atoms with Crippen LogP contribution in [0.15, 0.2) is 74.9 Å². The van der Waals surface area contributed by atoms with Crippen molar-refractivity contribution >= 4 is 39.3 Å². The maximum Gasteiger partial charge on any atom is 0.173 e. The van der Waals surface area contributed by atoms with Crippen molar-refractivity contribution in [2.45, 2.75) is 26.7 Å². The Morgan fingerprint density at radius 1 is 1.10 bits per heavy atom. The lowest BCUT2D eigenvalue weighted by atomic mass is 9.81. The van der Waals surface area contributed by atoms with E-state index in [4.69, 9.17) is 0 Å². The van der Waals surface area contributed by atoms with E-state index < -0.39 is 5.92 Å². The molecule has 0 saturated carbocycles. The van der Waals surface area contributed by atoms with Gasteiger partial charge in [-0.25, -0.2) is 0 Å². The molecule has 6 heteroatoms. The van der Waals surface area contributed by atoms with Crippen LogP contribution < -0.4 is 5.32 Å². The molecule has 1 N–H and O–H groups in total. The van der Waals surface area contributed by atoms with E-state index >= 15 is 0 Å². The molecule has 4 nitrogen and oxygen atoms in total. The molecule has 0 saturated heterocycles. The van der Waals surface area contributed by atoms with E-state index in [2.05, 4.69) is 27.3 Å². The monoisotopic (exact) mass is 480 g/mol. The lowest BCUT2D eigenvalue weighted by molar-refractivity contribution is -0.113. The van der Waals surface area contributed by atoms with Crippen LogP contribution in [-0.2, 0) is 4.79 Å². The Balaban J connectivity index is 1.94. The highest BCUT2D eigenvalue weighted by molar-refractivity contribution is 9.10. The SMILES string of the molecule is CC(=O)C1=C(C)NC(SCC(=O)c2ccc(C)cc2)=C(C#N)[C@H]1c1ccc(Br)cc1. The maximum atomic E-state index is 12.6. The summed E-state index contributed by atoms with van der Waals surface area (Å²) in [6.45, 7) is 5.32. The number of nitrogens with one attached hydrogen (secondary N) is 1. The number of carbonyl (C=O) groups is 2. The lowest BCUT2D eigenvalue weighted by Crippen LogP contribution is -2.27. The van der Waals surface area contributed by atoms with Crippen molar-refractivity contribution in [3.63, 3.8) is 0 Å². The molecular weight excluding hydrogens is 460 g/mol. The highest BCUT2D eigenvalue weighted by Crippen LogP contribution is 2.41. The Labute approximate surface area is 189 Å². The van der Waals surface area contributed by atoms with Gasteiger partial charge >= 0.3 is 0 Å². The van der Waals surface area contributed by atoms with Gasteiger partial charge in [0.2, 0.25) is 0 Å². The quantitative estimate of drug-likeness (QED) is 0.540. The molecular formula is C24H21BrN2O2S. The summed E-state index contributed by atoms with van der Waals surface area (Å²) in [6.07, 6.45) is 0. The number of carbonyl (C=O) groups excluding carboxylic acids is 2. The molecule has 2 aromatic carbocycles. The van der Waals surface area contributed by atoms with Crippen LogP contribution >= 0.6 is 27.7 Å². The van der Waals surface area contributed by atoms with E-state index in [0.29, 0.717) is 27.4 Å². The number of ketones is 2. The molecule has 2 aromatic rings. The average Bonchev–Trinajstić information content (AvgIpc) is 2.72. The highest BCUT2D eigenvalue weighted by atomic mass is 79.9. The normalized spacial score (nSPS) is 16.2. The number of nitrogens with zero attached hydrogens (tertiary/aromatic N) is 1. The molecule has 1 heterocycles. The Morgan fingerprint density at radius 2 is 1.73 bits per heavy atom. The molecule has 30 heavy (non-hydrogen) atoms. The smallest absolute Gasteiger partial charge is 0.173 e. The maximum absolute atomic E-state index is 12.6. The van der Waals surface area contributed by atoms with Crippen molar-refractivity contribution in [1.82, 2.24) is 5.32 Å². The standard InChI is InChI=1S/C24H21BrN2O2S/c1-14-4-6-17(7-5-14)21(29)13-30-24-20(12-26)23(18-8-10-19(25)11-9-18)22(16(3)28)15(2)27-24/h4-11,23,27H,13H2,1-3H3/t23-/m1/s1. The topological polar surface area (TPSA) is 70.0 Å². The van der Waals surface area contributed by atoms with Crippen molar-refractivity contribution in [2.75, 3.05) is 5.75 Å². The molecule has 1 aliphatic rings. The van der Waals surface area contributed by atoms with Gasteiger partial charge in [0.25, 0.3) is 0 Å². The summed E-state index contributed by atoms with van der Waals surface area (Å²) in [5.41, 5.74) is 4.34. The van der Waals surface area contributed by atoms with E-state index in [1.807, 2.05) is 62.4 Å². The van der Waals surface area contributed by atoms with Crippen molar-refractivity contribution in [1.29, 1.82) is 5.26 Å². The van der Waals surface area contributed by atoms with Gasteiger partial charge in [-0.05, 0) is 38.5 Å². The summed E-state index contributed by atoms with van der Waals surface area (Å²) in [4.78, 5) is 25.0. The molecule has 1 aliphatic heterocycles. The molecule has 152 valence electrons. The average molecular weight is 481 g/mol. The largest absolute Gasteiger partial charge is 0.353 e. The number of halogens is 1. The number of rotatable bonds is 6. The number of hydrogen-bond donors (Lipinski definition) is 1. The summed E-state index contributed by atoms with van der Waals surface area (Å²) in [5.74, 6) is -0.350. The number of benzene rings is 2. The summed E-state index contributed by atoms with van der Waals surface area (Å²) >= 11 is 4.72. The van der Waals surface area contributed by atoms with Gasteiger partial charge in [0.05, 0.1) is 28.3 Å². The molecule has 0 radical (unpaired) electrons. The van der Waals surface area contributed by atoms with Crippen LogP contribution in [0.5, 0.6) is 0 Å². The van der Waals surface area contributed by atoms with E-state index in [-0.39, 0.29) is 17.3 Å². The number of allylic oxidation sites excluding steroid dienone is 3.